The Labute approximate surface area is 431 Å². The van der Waals surface area contributed by atoms with Crippen LogP contribution in [0.4, 0.5) is 0 Å². The van der Waals surface area contributed by atoms with E-state index < -0.39 is 0 Å². The fourth-order valence-corrected chi connectivity index (χ4v) is 11.4. The highest BCUT2D eigenvalue weighted by Crippen LogP contribution is 2.41. The van der Waals surface area contributed by atoms with Gasteiger partial charge in [0.25, 0.3) is 0 Å². The maximum absolute atomic E-state index is 2.43. The van der Waals surface area contributed by atoms with Crippen LogP contribution in [-0.2, 0) is 0 Å². The summed E-state index contributed by atoms with van der Waals surface area (Å²) in [5, 5.41) is 4.96. The van der Waals surface area contributed by atoms with Gasteiger partial charge in [-0.2, -0.15) is 0 Å². The van der Waals surface area contributed by atoms with Crippen LogP contribution in [0, 0.1) is 0 Å². The molecule has 0 atom stereocenters. The number of aromatic nitrogens is 2. The number of fused-ring (bicyclic) bond motifs is 6. The summed E-state index contributed by atoms with van der Waals surface area (Å²) in [6, 6.07) is 106. The van der Waals surface area contributed by atoms with Crippen LogP contribution in [0.1, 0.15) is 0 Å². The molecule has 0 spiro atoms. The van der Waals surface area contributed by atoms with Gasteiger partial charge in [-0.15, -0.1) is 0 Å². The number of rotatable bonds is 9. The van der Waals surface area contributed by atoms with Crippen molar-refractivity contribution in [3.8, 4) is 89.3 Å². The van der Waals surface area contributed by atoms with Crippen molar-refractivity contribution >= 4 is 43.6 Å². The van der Waals surface area contributed by atoms with Crippen molar-refractivity contribution in [2.24, 2.45) is 0 Å². The Morgan fingerprint density at radius 3 is 1.12 bits per heavy atom. The topological polar surface area (TPSA) is 9.86 Å². The molecule has 0 saturated carbocycles. The van der Waals surface area contributed by atoms with Crippen LogP contribution in [-0.4, -0.2) is 9.13 Å². The first-order valence-electron chi connectivity index (χ1n) is 25.5. The van der Waals surface area contributed by atoms with Crippen molar-refractivity contribution in [3.63, 3.8) is 0 Å². The molecule has 14 aromatic rings. The highest BCUT2D eigenvalue weighted by Gasteiger charge is 2.18. The third-order valence-electron chi connectivity index (χ3n) is 15.0. The third kappa shape index (κ3) is 7.52. The van der Waals surface area contributed by atoms with Crippen molar-refractivity contribution < 1.29 is 0 Å². The number of benzene rings is 12. The first kappa shape index (κ1) is 43.1. The zero-order chi connectivity index (χ0) is 49.0. The van der Waals surface area contributed by atoms with Crippen molar-refractivity contribution in [3.05, 3.63) is 291 Å². The summed E-state index contributed by atoms with van der Waals surface area (Å²) in [6.07, 6.45) is 0. The van der Waals surface area contributed by atoms with Gasteiger partial charge in [0, 0.05) is 32.8 Å². The SMILES string of the molecule is c1ccc(-c2ccccc2-c2cccc(-c3cccc(-c4ccc(-c5ccc(-n6c7ccccc7c7cc(-c8ccc9c(c8)c8ccccc8n9-c8ccccc8-c8ccccc8)ccc76)cc5)cc4)c3)c2)cc1. The molecule has 12 aromatic carbocycles. The Morgan fingerprint density at radius 2 is 0.527 bits per heavy atom. The molecular formula is C72H48N2. The average molecular weight is 941 g/mol. The Morgan fingerprint density at radius 1 is 0.176 bits per heavy atom. The monoisotopic (exact) mass is 940 g/mol. The number of para-hydroxylation sites is 3. The Kier molecular flexibility index (Phi) is 10.6. The summed E-state index contributed by atoms with van der Waals surface area (Å²) in [4.78, 5) is 0. The van der Waals surface area contributed by atoms with Crippen LogP contribution >= 0.6 is 0 Å². The average Bonchev–Trinajstić information content (AvgIpc) is 4.02. The van der Waals surface area contributed by atoms with Gasteiger partial charge < -0.3 is 9.13 Å². The van der Waals surface area contributed by atoms with Crippen molar-refractivity contribution in [2.45, 2.75) is 0 Å². The fraction of sp³-hybridized carbons (Fsp3) is 0. The van der Waals surface area contributed by atoms with Crippen LogP contribution in [0.25, 0.3) is 133 Å². The van der Waals surface area contributed by atoms with E-state index in [1.165, 1.54) is 127 Å². The minimum atomic E-state index is 1.14. The maximum atomic E-state index is 2.43. The van der Waals surface area contributed by atoms with Gasteiger partial charge in [0.2, 0.25) is 0 Å². The van der Waals surface area contributed by atoms with Gasteiger partial charge in [-0.1, -0.05) is 224 Å². The lowest BCUT2D eigenvalue weighted by atomic mass is 9.92. The molecule has 0 aliphatic heterocycles. The van der Waals surface area contributed by atoms with E-state index in [2.05, 4.69) is 300 Å². The largest absolute Gasteiger partial charge is 0.309 e. The Balaban J connectivity index is 0.755. The highest BCUT2D eigenvalue weighted by molar-refractivity contribution is 6.13. The molecule has 0 N–H and O–H groups in total. The van der Waals surface area contributed by atoms with Crippen LogP contribution < -0.4 is 0 Å². The van der Waals surface area contributed by atoms with Gasteiger partial charge in [0.05, 0.1) is 27.8 Å². The molecule has 2 aromatic heterocycles. The second kappa shape index (κ2) is 18.1. The quantitative estimate of drug-likeness (QED) is 0.136. The van der Waals surface area contributed by atoms with E-state index in [-0.39, 0.29) is 0 Å². The fourth-order valence-electron chi connectivity index (χ4n) is 11.4. The summed E-state index contributed by atoms with van der Waals surface area (Å²) in [5.41, 5.74) is 24.0. The van der Waals surface area contributed by atoms with Crippen molar-refractivity contribution in [1.82, 2.24) is 9.13 Å². The summed E-state index contributed by atoms with van der Waals surface area (Å²) in [7, 11) is 0. The molecule has 74 heavy (non-hydrogen) atoms. The van der Waals surface area contributed by atoms with E-state index in [1.54, 1.807) is 0 Å². The maximum Gasteiger partial charge on any atom is 0.0541 e. The van der Waals surface area contributed by atoms with E-state index >= 15 is 0 Å². The third-order valence-corrected chi connectivity index (χ3v) is 15.0. The first-order chi connectivity index (χ1) is 36.7. The summed E-state index contributed by atoms with van der Waals surface area (Å²) < 4.78 is 4.84. The molecule has 346 valence electrons. The highest BCUT2D eigenvalue weighted by atomic mass is 15.0. The molecule has 2 nitrogen and oxygen atoms in total. The molecule has 0 unspecified atom stereocenters. The molecule has 2 heterocycles. The minimum absolute atomic E-state index is 1.14. The molecular weight excluding hydrogens is 893 g/mol. The van der Waals surface area contributed by atoms with Crippen LogP contribution in [0.2, 0.25) is 0 Å². The van der Waals surface area contributed by atoms with Crippen molar-refractivity contribution in [1.29, 1.82) is 0 Å². The summed E-state index contributed by atoms with van der Waals surface area (Å²) in [6.45, 7) is 0. The van der Waals surface area contributed by atoms with Gasteiger partial charge >= 0.3 is 0 Å². The number of hydrogen-bond acceptors (Lipinski definition) is 0. The second-order valence-electron chi connectivity index (χ2n) is 19.2. The standard InChI is InChI=1S/C72H48N2/c1-3-17-52(18-4-1)61-25-7-8-26-62(61)59-24-16-23-56(46-59)55-22-15-21-54(45-55)51-35-33-49(34-36-51)50-37-41-60(42-38-50)73-69-31-13-10-28-64(69)66-47-57(39-43-71(66)73)58-40-44-72-67(48-58)65-29-11-14-32-70(65)74(72)68-30-12-9-27-63(68)53-19-5-2-6-20-53/h1-48H. The van der Waals surface area contributed by atoms with Gasteiger partial charge in [-0.25, -0.2) is 0 Å². The van der Waals surface area contributed by atoms with Crippen LogP contribution in [0.5, 0.6) is 0 Å². The van der Waals surface area contributed by atoms with Gasteiger partial charge in [0.1, 0.15) is 0 Å². The molecule has 14 rings (SSSR count). The summed E-state index contributed by atoms with van der Waals surface area (Å²) >= 11 is 0. The predicted molar refractivity (Wildman–Crippen MR) is 313 cm³/mol. The normalized spacial score (nSPS) is 11.5. The first-order valence-corrected chi connectivity index (χ1v) is 25.5. The van der Waals surface area contributed by atoms with E-state index in [0.717, 1.165) is 5.69 Å². The van der Waals surface area contributed by atoms with E-state index in [0.29, 0.717) is 0 Å². The molecule has 0 aliphatic carbocycles. The molecule has 0 aliphatic rings. The zero-order valence-corrected chi connectivity index (χ0v) is 40.6. The predicted octanol–water partition coefficient (Wildman–Crippen LogP) is 19.5. The second-order valence-corrected chi connectivity index (χ2v) is 19.2. The summed E-state index contributed by atoms with van der Waals surface area (Å²) in [5.74, 6) is 0. The van der Waals surface area contributed by atoms with E-state index in [1.807, 2.05) is 0 Å². The zero-order valence-electron chi connectivity index (χ0n) is 40.6. The smallest absolute Gasteiger partial charge is 0.0541 e. The van der Waals surface area contributed by atoms with Gasteiger partial charge in [0.15, 0.2) is 0 Å². The van der Waals surface area contributed by atoms with Crippen LogP contribution in [0.3, 0.4) is 0 Å². The van der Waals surface area contributed by atoms with Crippen molar-refractivity contribution in [2.75, 3.05) is 0 Å². The van der Waals surface area contributed by atoms with E-state index in [9.17, 15) is 0 Å². The van der Waals surface area contributed by atoms with E-state index in [4.69, 9.17) is 0 Å². The lowest BCUT2D eigenvalue weighted by Crippen LogP contribution is -1.97. The van der Waals surface area contributed by atoms with Crippen LogP contribution in [0.15, 0.2) is 291 Å². The Hall–Kier alpha value is -9.76. The Bertz CT molecular complexity index is 4390. The molecule has 0 amide bonds. The molecule has 2 heteroatoms. The van der Waals surface area contributed by atoms with Gasteiger partial charge in [-0.05, 0) is 139 Å². The molecule has 0 radical (unpaired) electrons. The molecule has 0 bridgehead atoms. The number of nitrogens with zero attached hydrogens (tertiary/aromatic N) is 2. The lowest BCUT2D eigenvalue weighted by Gasteiger charge is -2.14. The minimum Gasteiger partial charge on any atom is -0.309 e. The van der Waals surface area contributed by atoms with Gasteiger partial charge in [-0.3, -0.25) is 0 Å². The molecule has 0 saturated heterocycles. The number of hydrogen-bond donors (Lipinski definition) is 0. The lowest BCUT2D eigenvalue weighted by molar-refractivity contribution is 1.18. The molecule has 0 fully saturated rings.